The van der Waals surface area contributed by atoms with E-state index < -0.39 is 0 Å². The van der Waals surface area contributed by atoms with E-state index in [1.54, 1.807) is 0 Å². The molecule has 0 N–H and O–H groups in total. The van der Waals surface area contributed by atoms with Gasteiger partial charge in [-0.1, -0.05) is 6.92 Å². The van der Waals surface area contributed by atoms with Crippen molar-refractivity contribution in [1.29, 1.82) is 0 Å². The lowest BCUT2D eigenvalue weighted by atomic mass is 10.2. The minimum absolute atomic E-state index is 0.222. The molecule has 2 unspecified atom stereocenters. The highest BCUT2D eigenvalue weighted by Gasteiger charge is 2.48. The van der Waals surface area contributed by atoms with E-state index in [9.17, 15) is 0 Å². The Balaban J connectivity index is 2.03. The lowest BCUT2D eigenvalue weighted by Gasteiger charge is -2.02. The fourth-order valence-corrected chi connectivity index (χ4v) is 2.08. The van der Waals surface area contributed by atoms with E-state index >= 15 is 0 Å². The zero-order valence-electron chi connectivity index (χ0n) is 7.02. The van der Waals surface area contributed by atoms with Gasteiger partial charge in [0.25, 0.3) is 0 Å². The number of hydrogen-bond donors (Lipinski definition) is 0. The molecule has 0 amide bonds. The second-order valence-corrected chi connectivity index (χ2v) is 4.23. The molecule has 0 radical (unpaired) electrons. The van der Waals surface area contributed by atoms with Gasteiger partial charge in [-0.15, -0.1) is 0 Å². The topological polar surface area (TPSA) is 12.5 Å². The van der Waals surface area contributed by atoms with Gasteiger partial charge in [0.2, 0.25) is 0 Å². The summed E-state index contributed by atoms with van der Waals surface area (Å²) in [7, 11) is 0. The maximum Gasteiger partial charge on any atom is 0.101 e. The van der Waals surface area contributed by atoms with Crippen LogP contribution in [0.4, 0.5) is 0 Å². The second kappa shape index (κ2) is 3.14. The Morgan fingerprint density at radius 2 is 2.20 bits per heavy atom. The van der Waals surface area contributed by atoms with Crippen LogP contribution in [0.1, 0.15) is 27.2 Å². The zero-order chi connectivity index (χ0) is 7.61. The summed E-state index contributed by atoms with van der Waals surface area (Å²) in [4.78, 5) is 0. The van der Waals surface area contributed by atoms with E-state index in [0.717, 1.165) is 0 Å². The van der Waals surface area contributed by atoms with Gasteiger partial charge in [0.05, 0.1) is 6.10 Å². The Bertz CT molecular complexity index is 116. The van der Waals surface area contributed by atoms with Gasteiger partial charge in [0, 0.05) is 5.75 Å². The first-order valence-electron chi connectivity index (χ1n) is 3.94. The monoisotopic (exact) mass is 160 g/mol. The van der Waals surface area contributed by atoms with Crippen LogP contribution in [0.25, 0.3) is 0 Å². The molecule has 0 bridgehead atoms. The Kier molecular flexibility index (Phi) is 2.64. The first-order chi connectivity index (χ1) is 4.69. The van der Waals surface area contributed by atoms with Crippen molar-refractivity contribution in [2.75, 3.05) is 11.5 Å². The number of rotatable bonds is 4. The van der Waals surface area contributed by atoms with Gasteiger partial charge in [0.1, 0.15) is 5.60 Å². The molecule has 2 heteroatoms. The summed E-state index contributed by atoms with van der Waals surface area (Å²) < 4.78 is 5.43. The number of ether oxygens (including phenoxy) is 1. The van der Waals surface area contributed by atoms with Crippen molar-refractivity contribution >= 4 is 11.8 Å². The van der Waals surface area contributed by atoms with Crippen LogP contribution in [0.5, 0.6) is 0 Å². The molecule has 60 valence electrons. The number of hydrogen-bond acceptors (Lipinski definition) is 2. The summed E-state index contributed by atoms with van der Waals surface area (Å²) in [5.41, 5.74) is 0.222. The average Bonchev–Trinajstić information content (AvgIpc) is 2.42. The average molecular weight is 160 g/mol. The van der Waals surface area contributed by atoms with E-state index in [0.29, 0.717) is 6.10 Å². The number of thioether (sulfide) groups is 1. The van der Waals surface area contributed by atoms with Crippen LogP contribution >= 0.6 is 11.8 Å². The van der Waals surface area contributed by atoms with Crippen LogP contribution in [0.3, 0.4) is 0 Å². The molecule has 0 aliphatic carbocycles. The molecule has 1 saturated heterocycles. The summed E-state index contributed by atoms with van der Waals surface area (Å²) in [6.45, 7) is 6.55. The third kappa shape index (κ3) is 1.89. The third-order valence-corrected chi connectivity index (χ3v) is 3.46. The molecular formula is C8H16OS. The van der Waals surface area contributed by atoms with Gasteiger partial charge >= 0.3 is 0 Å². The molecule has 1 aliphatic rings. The first kappa shape index (κ1) is 8.41. The van der Waals surface area contributed by atoms with Gasteiger partial charge < -0.3 is 4.74 Å². The predicted molar refractivity (Wildman–Crippen MR) is 46.6 cm³/mol. The van der Waals surface area contributed by atoms with E-state index in [4.69, 9.17) is 4.74 Å². The largest absolute Gasteiger partial charge is 0.366 e. The van der Waals surface area contributed by atoms with Crippen molar-refractivity contribution in [1.82, 2.24) is 0 Å². The maximum absolute atomic E-state index is 5.43. The van der Waals surface area contributed by atoms with Crippen molar-refractivity contribution < 1.29 is 4.74 Å². The molecule has 0 aromatic rings. The maximum atomic E-state index is 5.43. The number of epoxide rings is 1. The van der Waals surface area contributed by atoms with Crippen molar-refractivity contribution in [3.63, 3.8) is 0 Å². The highest BCUT2D eigenvalue weighted by molar-refractivity contribution is 7.99. The Hall–Kier alpha value is 0.310. The normalized spacial score (nSPS) is 38.1. The zero-order valence-corrected chi connectivity index (χ0v) is 7.83. The first-order valence-corrected chi connectivity index (χ1v) is 5.10. The smallest absolute Gasteiger partial charge is 0.101 e. The summed E-state index contributed by atoms with van der Waals surface area (Å²) in [5.74, 6) is 2.44. The highest BCUT2D eigenvalue weighted by Crippen LogP contribution is 2.38. The third-order valence-electron chi connectivity index (χ3n) is 1.99. The van der Waals surface area contributed by atoms with E-state index in [-0.39, 0.29) is 5.60 Å². The molecule has 2 atom stereocenters. The summed E-state index contributed by atoms with van der Waals surface area (Å²) in [6.07, 6.45) is 1.77. The molecule has 10 heavy (non-hydrogen) atoms. The van der Waals surface area contributed by atoms with Crippen molar-refractivity contribution in [2.24, 2.45) is 0 Å². The molecule has 0 spiro atoms. The molecule has 1 nitrogen and oxygen atoms in total. The SMILES string of the molecule is CCCSCC1(C)OC1C. The van der Waals surface area contributed by atoms with Crippen molar-refractivity contribution in [2.45, 2.75) is 38.9 Å². The lowest BCUT2D eigenvalue weighted by molar-refractivity contribution is 0.332. The minimum atomic E-state index is 0.222. The van der Waals surface area contributed by atoms with Gasteiger partial charge in [-0.2, -0.15) is 11.8 Å². The van der Waals surface area contributed by atoms with Gasteiger partial charge in [-0.05, 0) is 26.0 Å². The van der Waals surface area contributed by atoms with Crippen LogP contribution in [-0.2, 0) is 4.74 Å². The standard InChI is InChI=1S/C8H16OS/c1-4-5-10-6-8(3)7(2)9-8/h7H,4-6H2,1-3H3. The molecular weight excluding hydrogens is 144 g/mol. The minimum Gasteiger partial charge on any atom is -0.366 e. The Morgan fingerprint density at radius 1 is 1.60 bits per heavy atom. The van der Waals surface area contributed by atoms with Crippen LogP contribution in [0.15, 0.2) is 0 Å². The van der Waals surface area contributed by atoms with Crippen molar-refractivity contribution in [3.8, 4) is 0 Å². The summed E-state index contributed by atoms with van der Waals surface area (Å²) in [6, 6.07) is 0. The van der Waals surface area contributed by atoms with Crippen LogP contribution in [-0.4, -0.2) is 23.2 Å². The molecule has 1 rings (SSSR count). The van der Waals surface area contributed by atoms with Gasteiger partial charge in [-0.25, -0.2) is 0 Å². The lowest BCUT2D eigenvalue weighted by Crippen LogP contribution is -2.11. The highest BCUT2D eigenvalue weighted by atomic mass is 32.2. The second-order valence-electron chi connectivity index (χ2n) is 3.13. The Morgan fingerprint density at radius 3 is 2.60 bits per heavy atom. The fraction of sp³-hybridized carbons (Fsp3) is 1.00. The summed E-state index contributed by atoms with van der Waals surface area (Å²) in [5, 5.41) is 0. The summed E-state index contributed by atoms with van der Waals surface area (Å²) >= 11 is 2.00. The molecule has 1 heterocycles. The van der Waals surface area contributed by atoms with Crippen molar-refractivity contribution in [3.05, 3.63) is 0 Å². The van der Waals surface area contributed by atoms with Crippen LogP contribution in [0, 0.1) is 0 Å². The Labute approximate surface area is 67.5 Å². The predicted octanol–water partition coefficient (Wildman–Crippen LogP) is 2.31. The van der Waals surface area contributed by atoms with Gasteiger partial charge in [0.15, 0.2) is 0 Å². The molecule has 0 aromatic carbocycles. The van der Waals surface area contributed by atoms with Gasteiger partial charge in [-0.3, -0.25) is 0 Å². The quantitative estimate of drug-likeness (QED) is 0.462. The molecule has 0 aromatic heterocycles. The fourth-order valence-electron chi connectivity index (χ4n) is 0.940. The van der Waals surface area contributed by atoms with E-state index in [2.05, 4.69) is 20.8 Å². The molecule has 1 aliphatic heterocycles. The molecule has 1 fully saturated rings. The molecule has 0 saturated carbocycles. The van der Waals surface area contributed by atoms with Crippen LogP contribution < -0.4 is 0 Å². The van der Waals surface area contributed by atoms with E-state index in [1.807, 2.05) is 11.8 Å². The van der Waals surface area contributed by atoms with E-state index in [1.165, 1.54) is 17.9 Å². The van der Waals surface area contributed by atoms with Crippen LogP contribution in [0.2, 0.25) is 0 Å².